The molecule has 0 saturated heterocycles. The summed E-state index contributed by atoms with van der Waals surface area (Å²) in [5.41, 5.74) is 1.32. The Morgan fingerprint density at radius 2 is 2.36 bits per heavy atom. The number of hydrogen-bond acceptors (Lipinski definition) is 5. The zero-order valence-electron chi connectivity index (χ0n) is 6.54. The molecular formula is C5H4F3N3O2S. The summed E-state index contributed by atoms with van der Waals surface area (Å²) < 4.78 is 38.5. The van der Waals surface area contributed by atoms with E-state index in [1.165, 1.54) is 5.51 Å². The molecule has 0 radical (unpaired) electrons. The predicted molar refractivity (Wildman–Crippen MR) is 40.9 cm³/mol. The van der Waals surface area contributed by atoms with Crippen molar-refractivity contribution >= 4 is 22.6 Å². The van der Waals surface area contributed by atoms with E-state index in [9.17, 15) is 18.0 Å². The number of carbonyl (C=O) groups is 1. The molecule has 0 aliphatic rings. The third-order valence-electron chi connectivity index (χ3n) is 0.936. The van der Waals surface area contributed by atoms with Crippen molar-refractivity contribution in [3.8, 4) is 0 Å². The fourth-order valence-corrected chi connectivity index (χ4v) is 0.929. The monoisotopic (exact) mass is 227 g/mol. The van der Waals surface area contributed by atoms with E-state index in [2.05, 4.69) is 14.9 Å². The van der Waals surface area contributed by atoms with Gasteiger partial charge >= 0.3 is 12.3 Å². The number of ether oxygens (including phenoxy) is 1. The number of aromatic nitrogens is 2. The van der Waals surface area contributed by atoms with Gasteiger partial charge in [-0.1, -0.05) is 11.3 Å². The van der Waals surface area contributed by atoms with Crippen LogP contribution in [0.3, 0.4) is 0 Å². The number of nitrogens with zero attached hydrogens (tertiary/aromatic N) is 2. The van der Waals surface area contributed by atoms with E-state index in [1.54, 1.807) is 0 Å². The van der Waals surface area contributed by atoms with E-state index in [0.717, 1.165) is 11.3 Å². The second-order valence-electron chi connectivity index (χ2n) is 2.06. The van der Waals surface area contributed by atoms with Gasteiger partial charge in [0.1, 0.15) is 5.51 Å². The summed E-state index contributed by atoms with van der Waals surface area (Å²) in [5, 5.41) is 8.80. The lowest BCUT2D eigenvalue weighted by atomic mass is 10.7. The van der Waals surface area contributed by atoms with Crippen LogP contribution in [0.25, 0.3) is 0 Å². The molecule has 1 rings (SSSR count). The van der Waals surface area contributed by atoms with Crippen molar-refractivity contribution in [1.82, 2.24) is 10.2 Å². The Morgan fingerprint density at radius 3 is 2.86 bits per heavy atom. The van der Waals surface area contributed by atoms with Gasteiger partial charge in [0.15, 0.2) is 6.61 Å². The quantitative estimate of drug-likeness (QED) is 0.834. The lowest BCUT2D eigenvalue weighted by Gasteiger charge is -2.06. The lowest BCUT2D eigenvalue weighted by Crippen LogP contribution is -2.23. The number of rotatable bonds is 2. The molecule has 1 aromatic heterocycles. The van der Waals surface area contributed by atoms with Crippen molar-refractivity contribution in [2.45, 2.75) is 6.18 Å². The van der Waals surface area contributed by atoms with Crippen LogP contribution in [0.15, 0.2) is 5.51 Å². The van der Waals surface area contributed by atoms with Gasteiger partial charge in [-0.3, -0.25) is 5.32 Å². The van der Waals surface area contributed by atoms with Crippen LogP contribution in [0.1, 0.15) is 0 Å². The third-order valence-corrected chi connectivity index (χ3v) is 1.54. The maximum Gasteiger partial charge on any atom is 0.422 e. The van der Waals surface area contributed by atoms with E-state index in [4.69, 9.17) is 0 Å². The van der Waals surface area contributed by atoms with Gasteiger partial charge in [0.05, 0.1) is 0 Å². The smallest absolute Gasteiger partial charge is 0.422 e. The first-order valence-electron chi connectivity index (χ1n) is 3.24. The van der Waals surface area contributed by atoms with E-state index in [-0.39, 0.29) is 5.13 Å². The second-order valence-corrected chi connectivity index (χ2v) is 2.89. The zero-order valence-corrected chi connectivity index (χ0v) is 7.35. The molecule has 0 unspecified atom stereocenters. The first-order chi connectivity index (χ1) is 6.47. The predicted octanol–water partition coefficient (Wildman–Crippen LogP) is 1.65. The SMILES string of the molecule is O=C(Nc1nncs1)OCC(F)(F)F. The molecule has 0 aliphatic heterocycles. The maximum atomic E-state index is 11.6. The number of carbonyl (C=O) groups excluding carboxylic acids is 1. The molecule has 1 aromatic rings. The Kier molecular flexibility index (Phi) is 3.23. The fraction of sp³-hybridized carbons (Fsp3) is 0.400. The van der Waals surface area contributed by atoms with E-state index < -0.39 is 18.9 Å². The lowest BCUT2D eigenvalue weighted by molar-refractivity contribution is -0.159. The number of alkyl halides is 3. The Bertz CT molecular complexity index is 300. The highest BCUT2D eigenvalue weighted by Gasteiger charge is 2.29. The minimum Gasteiger partial charge on any atom is -0.440 e. The fourth-order valence-electron chi connectivity index (χ4n) is 0.498. The average Bonchev–Trinajstić information content (AvgIpc) is 2.52. The number of nitrogens with one attached hydrogen (secondary N) is 1. The minimum atomic E-state index is -4.53. The van der Waals surface area contributed by atoms with Crippen LogP contribution in [0.4, 0.5) is 23.1 Å². The van der Waals surface area contributed by atoms with Crippen LogP contribution >= 0.6 is 11.3 Å². The molecule has 9 heteroatoms. The van der Waals surface area contributed by atoms with Gasteiger partial charge in [-0.15, -0.1) is 10.2 Å². The van der Waals surface area contributed by atoms with Crippen molar-refractivity contribution in [3.05, 3.63) is 5.51 Å². The molecular weight excluding hydrogens is 223 g/mol. The van der Waals surface area contributed by atoms with Crippen molar-refractivity contribution in [3.63, 3.8) is 0 Å². The summed E-state index contributed by atoms with van der Waals surface area (Å²) in [7, 11) is 0. The largest absolute Gasteiger partial charge is 0.440 e. The van der Waals surface area contributed by atoms with Gasteiger partial charge in [0.2, 0.25) is 5.13 Å². The molecule has 0 aliphatic carbocycles. The molecule has 0 aromatic carbocycles. The van der Waals surface area contributed by atoms with Gasteiger partial charge in [-0.25, -0.2) is 4.79 Å². The van der Waals surface area contributed by atoms with Crippen LogP contribution in [-0.2, 0) is 4.74 Å². The Morgan fingerprint density at radius 1 is 1.64 bits per heavy atom. The molecule has 78 valence electrons. The molecule has 1 amide bonds. The number of amides is 1. The standard InChI is InChI=1S/C5H4F3N3O2S/c6-5(7,8)1-13-4(12)10-3-11-9-2-14-3/h2H,1H2,(H,10,11,12). The van der Waals surface area contributed by atoms with Gasteiger partial charge in [0, 0.05) is 0 Å². The summed E-state index contributed by atoms with van der Waals surface area (Å²) in [4.78, 5) is 10.7. The molecule has 1 N–H and O–H groups in total. The van der Waals surface area contributed by atoms with E-state index in [1.807, 2.05) is 5.32 Å². The number of anilines is 1. The topological polar surface area (TPSA) is 64.1 Å². The average molecular weight is 227 g/mol. The first-order valence-corrected chi connectivity index (χ1v) is 4.12. The molecule has 5 nitrogen and oxygen atoms in total. The van der Waals surface area contributed by atoms with Crippen molar-refractivity contribution in [2.75, 3.05) is 11.9 Å². The van der Waals surface area contributed by atoms with Crippen LogP contribution < -0.4 is 5.32 Å². The van der Waals surface area contributed by atoms with Crippen LogP contribution in [0.2, 0.25) is 0 Å². The van der Waals surface area contributed by atoms with Crippen LogP contribution in [-0.4, -0.2) is 29.1 Å². The van der Waals surface area contributed by atoms with Crippen LogP contribution in [0.5, 0.6) is 0 Å². The zero-order chi connectivity index (χ0) is 10.6. The molecule has 0 spiro atoms. The normalized spacial score (nSPS) is 11.1. The van der Waals surface area contributed by atoms with Crippen LogP contribution in [0, 0.1) is 0 Å². The third kappa shape index (κ3) is 4.03. The first kappa shape index (κ1) is 10.7. The summed E-state index contributed by atoms with van der Waals surface area (Å²) in [6.07, 6.45) is -5.74. The molecule has 1 heterocycles. The van der Waals surface area contributed by atoms with Gasteiger partial charge in [-0.2, -0.15) is 13.2 Å². The molecule has 0 fully saturated rings. The molecule has 0 saturated carbocycles. The molecule has 0 bridgehead atoms. The number of hydrogen-bond donors (Lipinski definition) is 1. The minimum absolute atomic E-state index is 0.0807. The second kappa shape index (κ2) is 4.22. The van der Waals surface area contributed by atoms with Crippen molar-refractivity contribution < 1.29 is 22.7 Å². The number of halogens is 3. The Labute approximate surface area is 79.9 Å². The van der Waals surface area contributed by atoms with Crippen molar-refractivity contribution in [1.29, 1.82) is 0 Å². The summed E-state index contributed by atoms with van der Waals surface area (Å²) in [6.45, 7) is -1.63. The molecule has 14 heavy (non-hydrogen) atoms. The highest BCUT2D eigenvalue weighted by Crippen LogP contribution is 2.15. The van der Waals surface area contributed by atoms with Gasteiger partial charge in [-0.05, 0) is 0 Å². The molecule has 0 atom stereocenters. The van der Waals surface area contributed by atoms with E-state index in [0.29, 0.717) is 0 Å². The van der Waals surface area contributed by atoms with Crippen molar-refractivity contribution in [2.24, 2.45) is 0 Å². The highest BCUT2D eigenvalue weighted by molar-refractivity contribution is 7.13. The van der Waals surface area contributed by atoms with Gasteiger partial charge in [0.25, 0.3) is 0 Å². The maximum absolute atomic E-state index is 11.6. The highest BCUT2D eigenvalue weighted by atomic mass is 32.1. The summed E-state index contributed by atoms with van der Waals surface area (Å²) in [6, 6.07) is 0. The Hall–Kier alpha value is -1.38. The summed E-state index contributed by atoms with van der Waals surface area (Å²) in [5.74, 6) is 0. The Balaban J connectivity index is 2.30. The van der Waals surface area contributed by atoms with E-state index >= 15 is 0 Å². The summed E-state index contributed by atoms with van der Waals surface area (Å²) >= 11 is 0.969. The van der Waals surface area contributed by atoms with Gasteiger partial charge < -0.3 is 4.74 Å².